The fourth-order valence-electron chi connectivity index (χ4n) is 2.00. The topological polar surface area (TPSA) is 68.0 Å². The second kappa shape index (κ2) is 7.89. The zero-order valence-electron chi connectivity index (χ0n) is 12.9. The molecule has 0 spiro atoms. The molecule has 1 heterocycles. The lowest BCUT2D eigenvalue weighted by Crippen LogP contribution is -2.15. The maximum atomic E-state index is 13.4. The maximum Gasteiger partial charge on any atom is 0.247 e. The number of para-hydroxylation sites is 1. The van der Waals surface area contributed by atoms with Crippen molar-refractivity contribution in [3.8, 4) is 11.5 Å². The molecule has 5 nitrogen and oxygen atoms in total. The Kier molecular flexibility index (Phi) is 5.39. The van der Waals surface area contributed by atoms with Gasteiger partial charge in [-0.2, -0.15) is 0 Å². The van der Waals surface area contributed by atoms with Crippen LogP contribution in [0, 0.1) is 11.6 Å². The maximum absolute atomic E-state index is 13.4. The van der Waals surface area contributed by atoms with E-state index in [-0.39, 0.29) is 29.1 Å². The van der Waals surface area contributed by atoms with E-state index in [9.17, 15) is 13.6 Å². The smallest absolute Gasteiger partial charge is 0.247 e. The van der Waals surface area contributed by atoms with Crippen molar-refractivity contribution in [1.29, 1.82) is 0 Å². The number of carbonyl (C=O) groups excluding carboxylic acids is 1. The summed E-state index contributed by atoms with van der Waals surface area (Å²) in [6.45, 7) is 0. The van der Waals surface area contributed by atoms with E-state index < -0.39 is 5.82 Å². The number of halogens is 2. The van der Waals surface area contributed by atoms with E-state index in [1.54, 1.807) is 24.3 Å². The SMILES string of the molecule is O=C(CSCc1nnc(-c2ccc(F)cc2)o1)Nc1ccccc1F. The number of rotatable bonds is 6. The van der Waals surface area contributed by atoms with E-state index in [1.807, 2.05) is 0 Å². The van der Waals surface area contributed by atoms with Gasteiger partial charge in [0.2, 0.25) is 17.7 Å². The van der Waals surface area contributed by atoms with Crippen molar-refractivity contribution in [2.45, 2.75) is 5.75 Å². The molecule has 2 aromatic carbocycles. The minimum absolute atomic E-state index is 0.114. The quantitative estimate of drug-likeness (QED) is 0.721. The molecule has 0 saturated carbocycles. The first-order valence-corrected chi connectivity index (χ1v) is 8.48. The van der Waals surface area contributed by atoms with E-state index in [1.165, 1.54) is 36.0 Å². The van der Waals surface area contributed by atoms with Gasteiger partial charge < -0.3 is 9.73 Å². The van der Waals surface area contributed by atoms with Crippen LogP contribution in [-0.4, -0.2) is 21.9 Å². The zero-order valence-corrected chi connectivity index (χ0v) is 13.7. The molecule has 0 saturated heterocycles. The number of hydrogen-bond donors (Lipinski definition) is 1. The molecule has 3 aromatic rings. The van der Waals surface area contributed by atoms with Gasteiger partial charge in [0, 0.05) is 5.56 Å². The summed E-state index contributed by atoms with van der Waals surface area (Å²) < 4.78 is 31.8. The lowest BCUT2D eigenvalue weighted by atomic mass is 10.2. The first-order valence-electron chi connectivity index (χ1n) is 7.32. The van der Waals surface area contributed by atoms with E-state index in [2.05, 4.69) is 15.5 Å². The van der Waals surface area contributed by atoms with E-state index >= 15 is 0 Å². The highest BCUT2D eigenvalue weighted by Crippen LogP contribution is 2.20. The number of thioether (sulfide) groups is 1. The molecule has 0 unspecified atom stereocenters. The second-order valence-electron chi connectivity index (χ2n) is 5.03. The van der Waals surface area contributed by atoms with Crippen LogP contribution in [0.5, 0.6) is 0 Å². The molecule has 0 radical (unpaired) electrons. The zero-order chi connectivity index (χ0) is 17.6. The van der Waals surface area contributed by atoms with Crippen molar-refractivity contribution < 1.29 is 18.0 Å². The third kappa shape index (κ3) is 4.63. The van der Waals surface area contributed by atoms with Gasteiger partial charge in [0.05, 0.1) is 17.2 Å². The Bertz CT molecular complexity index is 868. The number of aromatic nitrogens is 2. The van der Waals surface area contributed by atoms with Crippen LogP contribution >= 0.6 is 11.8 Å². The van der Waals surface area contributed by atoms with Gasteiger partial charge in [0.25, 0.3) is 0 Å². The van der Waals surface area contributed by atoms with E-state index in [0.29, 0.717) is 17.2 Å². The van der Waals surface area contributed by atoms with Gasteiger partial charge in [-0.25, -0.2) is 8.78 Å². The number of nitrogens with zero attached hydrogens (tertiary/aromatic N) is 2. The van der Waals surface area contributed by atoms with Gasteiger partial charge in [0.15, 0.2) is 0 Å². The van der Waals surface area contributed by atoms with Crippen molar-refractivity contribution >= 4 is 23.4 Å². The molecule has 0 fully saturated rings. The number of amides is 1. The Balaban J connectivity index is 1.50. The van der Waals surface area contributed by atoms with Crippen LogP contribution in [-0.2, 0) is 10.5 Å². The Morgan fingerprint density at radius 1 is 1.08 bits per heavy atom. The third-order valence-corrected chi connectivity index (χ3v) is 4.08. The van der Waals surface area contributed by atoms with Crippen molar-refractivity contribution in [3.05, 3.63) is 66.1 Å². The fourth-order valence-corrected chi connectivity index (χ4v) is 2.65. The fraction of sp³-hybridized carbons (Fsp3) is 0.118. The molecule has 1 amide bonds. The average molecular weight is 361 g/mol. The summed E-state index contributed by atoms with van der Waals surface area (Å²) in [5.41, 5.74) is 0.756. The molecule has 0 atom stereocenters. The van der Waals surface area contributed by atoms with Crippen LogP contribution in [0.3, 0.4) is 0 Å². The number of nitrogens with one attached hydrogen (secondary N) is 1. The summed E-state index contributed by atoms with van der Waals surface area (Å²) in [6, 6.07) is 11.7. The lowest BCUT2D eigenvalue weighted by molar-refractivity contribution is -0.113. The molecule has 1 aromatic heterocycles. The molecule has 0 bridgehead atoms. The summed E-state index contributed by atoms with van der Waals surface area (Å²) in [6.07, 6.45) is 0. The summed E-state index contributed by atoms with van der Waals surface area (Å²) in [7, 11) is 0. The van der Waals surface area contributed by atoms with Gasteiger partial charge in [-0.15, -0.1) is 22.0 Å². The normalized spacial score (nSPS) is 10.6. The second-order valence-corrected chi connectivity index (χ2v) is 6.01. The molecule has 25 heavy (non-hydrogen) atoms. The lowest BCUT2D eigenvalue weighted by Gasteiger charge is -2.05. The first kappa shape index (κ1) is 17.1. The molecule has 0 aliphatic rings. The summed E-state index contributed by atoms with van der Waals surface area (Å²) in [5.74, 6) is -0.0778. The number of hydrogen-bond acceptors (Lipinski definition) is 5. The number of benzene rings is 2. The molecule has 1 N–H and O–H groups in total. The molecule has 0 aliphatic carbocycles. The van der Waals surface area contributed by atoms with Gasteiger partial charge in [-0.3, -0.25) is 4.79 Å². The molecule has 8 heteroatoms. The standard InChI is InChI=1S/C17H13F2N3O2S/c18-12-7-5-11(6-8-12)17-22-21-16(24-17)10-25-9-15(23)20-14-4-2-1-3-13(14)19/h1-8H,9-10H2,(H,20,23). The van der Waals surface area contributed by atoms with Crippen molar-refractivity contribution in [1.82, 2.24) is 10.2 Å². The Morgan fingerprint density at radius 3 is 2.60 bits per heavy atom. The average Bonchev–Trinajstić information content (AvgIpc) is 3.06. The highest BCUT2D eigenvalue weighted by atomic mass is 32.2. The molecular formula is C17H13F2N3O2S. The third-order valence-electron chi connectivity index (χ3n) is 3.16. The molecule has 3 rings (SSSR count). The Morgan fingerprint density at radius 2 is 1.84 bits per heavy atom. The number of anilines is 1. The van der Waals surface area contributed by atoms with Gasteiger partial charge in [0.1, 0.15) is 11.6 Å². The van der Waals surface area contributed by atoms with E-state index in [4.69, 9.17) is 4.42 Å². The highest BCUT2D eigenvalue weighted by Gasteiger charge is 2.11. The van der Waals surface area contributed by atoms with Gasteiger partial charge in [-0.1, -0.05) is 12.1 Å². The largest absolute Gasteiger partial charge is 0.420 e. The summed E-state index contributed by atoms with van der Waals surface area (Å²) in [5, 5.41) is 10.3. The highest BCUT2D eigenvalue weighted by molar-refractivity contribution is 7.99. The Labute approximate surface area is 146 Å². The first-order chi connectivity index (χ1) is 12.1. The predicted molar refractivity (Wildman–Crippen MR) is 90.9 cm³/mol. The molecular weight excluding hydrogens is 348 g/mol. The molecule has 0 aliphatic heterocycles. The van der Waals surface area contributed by atoms with Crippen LogP contribution in [0.15, 0.2) is 52.9 Å². The minimum Gasteiger partial charge on any atom is -0.420 e. The van der Waals surface area contributed by atoms with Gasteiger partial charge >= 0.3 is 0 Å². The van der Waals surface area contributed by atoms with Crippen LogP contribution < -0.4 is 5.32 Å². The Hall–Kier alpha value is -2.74. The number of carbonyl (C=O) groups is 1. The van der Waals surface area contributed by atoms with Crippen molar-refractivity contribution in [2.75, 3.05) is 11.1 Å². The summed E-state index contributed by atoms with van der Waals surface area (Å²) in [4.78, 5) is 11.8. The summed E-state index contributed by atoms with van der Waals surface area (Å²) >= 11 is 1.26. The monoisotopic (exact) mass is 361 g/mol. The van der Waals surface area contributed by atoms with Crippen molar-refractivity contribution in [2.24, 2.45) is 0 Å². The predicted octanol–water partition coefficient (Wildman–Crippen LogP) is 3.89. The van der Waals surface area contributed by atoms with Crippen LogP contribution in [0.2, 0.25) is 0 Å². The minimum atomic E-state index is -0.485. The van der Waals surface area contributed by atoms with Gasteiger partial charge in [-0.05, 0) is 36.4 Å². The van der Waals surface area contributed by atoms with Crippen LogP contribution in [0.1, 0.15) is 5.89 Å². The van der Waals surface area contributed by atoms with Crippen molar-refractivity contribution in [3.63, 3.8) is 0 Å². The van der Waals surface area contributed by atoms with Crippen LogP contribution in [0.4, 0.5) is 14.5 Å². The molecule has 128 valence electrons. The van der Waals surface area contributed by atoms with Crippen LogP contribution in [0.25, 0.3) is 11.5 Å². The van der Waals surface area contributed by atoms with E-state index in [0.717, 1.165) is 0 Å².